The van der Waals surface area contributed by atoms with Gasteiger partial charge in [-0.25, -0.2) is 4.79 Å². The molecule has 0 unspecified atom stereocenters. The molecule has 1 N–H and O–H groups in total. The number of benzene rings is 2. The van der Waals surface area contributed by atoms with Gasteiger partial charge in [-0.05, 0) is 41.5 Å². The fourth-order valence-corrected chi connectivity index (χ4v) is 2.12. The first-order chi connectivity index (χ1) is 9.63. The number of carboxylic acids is 1. The fraction of sp³-hybridized carbons (Fsp3) is 0.0625. The van der Waals surface area contributed by atoms with Gasteiger partial charge in [0.15, 0.2) is 0 Å². The summed E-state index contributed by atoms with van der Waals surface area (Å²) in [7, 11) is 0. The fourth-order valence-electron chi connectivity index (χ4n) is 1.67. The van der Waals surface area contributed by atoms with Crippen LogP contribution in [0.15, 0.2) is 59.1 Å². The maximum atomic E-state index is 10.5. The minimum atomic E-state index is -0.967. The predicted molar refractivity (Wildman–Crippen MR) is 81.6 cm³/mol. The van der Waals surface area contributed by atoms with Crippen LogP contribution < -0.4 is 4.74 Å². The van der Waals surface area contributed by atoms with Crippen LogP contribution in [0.4, 0.5) is 0 Å². The van der Waals surface area contributed by atoms with Crippen LogP contribution in [-0.4, -0.2) is 11.1 Å². The molecule has 0 saturated carbocycles. The average molecular weight is 333 g/mol. The average Bonchev–Trinajstić information content (AvgIpc) is 2.43. The molecular weight excluding hydrogens is 320 g/mol. The summed E-state index contributed by atoms with van der Waals surface area (Å²) in [5.74, 6) is -0.261. The first-order valence-electron chi connectivity index (χ1n) is 6.02. The van der Waals surface area contributed by atoms with Gasteiger partial charge in [0.1, 0.15) is 12.4 Å². The quantitative estimate of drug-likeness (QED) is 0.837. The van der Waals surface area contributed by atoms with Crippen LogP contribution in [0.25, 0.3) is 6.08 Å². The number of aliphatic carboxylic acids is 1. The number of carbonyl (C=O) groups is 1. The SMILES string of the molecule is O=C(O)C=Cc1cccc(OCc2cccc(Br)c2)c1. The van der Waals surface area contributed by atoms with E-state index in [9.17, 15) is 4.79 Å². The van der Waals surface area contributed by atoms with Crippen LogP contribution in [-0.2, 0) is 11.4 Å². The van der Waals surface area contributed by atoms with E-state index in [0.717, 1.165) is 21.7 Å². The summed E-state index contributed by atoms with van der Waals surface area (Å²) in [6.07, 6.45) is 2.64. The highest BCUT2D eigenvalue weighted by atomic mass is 79.9. The van der Waals surface area contributed by atoms with Crippen molar-refractivity contribution in [3.8, 4) is 5.75 Å². The number of hydrogen-bond acceptors (Lipinski definition) is 2. The van der Waals surface area contributed by atoms with E-state index in [-0.39, 0.29) is 0 Å². The van der Waals surface area contributed by atoms with Gasteiger partial charge >= 0.3 is 5.97 Å². The van der Waals surface area contributed by atoms with Crippen molar-refractivity contribution in [1.82, 2.24) is 0 Å². The molecular formula is C16H13BrO3. The third-order valence-corrected chi connectivity index (χ3v) is 3.06. The topological polar surface area (TPSA) is 46.5 Å². The molecule has 0 saturated heterocycles. The summed E-state index contributed by atoms with van der Waals surface area (Å²) < 4.78 is 6.70. The van der Waals surface area contributed by atoms with Crippen molar-refractivity contribution in [3.05, 3.63) is 70.2 Å². The molecule has 0 fully saturated rings. The summed E-state index contributed by atoms with van der Waals surface area (Å²) in [6.45, 7) is 0.464. The third-order valence-electron chi connectivity index (χ3n) is 2.57. The van der Waals surface area contributed by atoms with Crippen molar-refractivity contribution < 1.29 is 14.6 Å². The van der Waals surface area contributed by atoms with Gasteiger partial charge in [-0.15, -0.1) is 0 Å². The standard InChI is InChI=1S/C16H13BrO3/c17-14-5-1-4-13(9-14)11-20-15-6-2-3-12(10-15)7-8-16(18)19/h1-10H,11H2,(H,18,19). The van der Waals surface area contributed by atoms with Gasteiger partial charge in [-0.3, -0.25) is 0 Å². The first-order valence-corrected chi connectivity index (χ1v) is 6.81. The highest BCUT2D eigenvalue weighted by Gasteiger charge is 1.98. The van der Waals surface area contributed by atoms with E-state index in [2.05, 4.69) is 15.9 Å². The molecule has 102 valence electrons. The Labute approximate surface area is 125 Å². The van der Waals surface area contributed by atoms with E-state index in [0.29, 0.717) is 12.4 Å². The Bertz CT molecular complexity index is 635. The maximum absolute atomic E-state index is 10.5. The van der Waals surface area contributed by atoms with Crippen LogP contribution >= 0.6 is 15.9 Å². The van der Waals surface area contributed by atoms with Crippen molar-refractivity contribution >= 4 is 28.0 Å². The van der Waals surface area contributed by atoms with Gasteiger partial charge in [0.05, 0.1) is 0 Å². The molecule has 2 aromatic carbocycles. The monoisotopic (exact) mass is 332 g/mol. The number of hydrogen-bond donors (Lipinski definition) is 1. The second-order valence-electron chi connectivity index (χ2n) is 4.16. The molecule has 2 rings (SSSR count). The third kappa shape index (κ3) is 4.55. The summed E-state index contributed by atoms with van der Waals surface area (Å²) in [5, 5.41) is 8.60. The summed E-state index contributed by atoms with van der Waals surface area (Å²) in [4.78, 5) is 10.5. The Kier molecular flexibility index (Phi) is 4.96. The Morgan fingerprint density at radius 2 is 2.00 bits per heavy atom. The Balaban J connectivity index is 2.03. The Hall–Kier alpha value is -2.07. The summed E-state index contributed by atoms with van der Waals surface area (Å²) >= 11 is 3.41. The summed E-state index contributed by atoms with van der Waals surface area (Å²) in [6, 6.07) is 15.2. The largest absolute Gasteiger partial charge is 0.489 e. The zero-order valence-corrected chi connectivity index (χ0v) is 12.2. The van der Waals surface area contributed by atoms with Gasteiger partial charge in [0.25, 0.3) is 0 Å². The van der Waals surface area contributed by atoms with Crippen molar-refractivity contribution in [3.63, 3.8) is 0 Å². The smallest absolute Gasteiger partial charge is 0.328 e. The van der Waals surface area contributed by atoms with Crippen molar-refractivity contribution in [2.24, 2.45) is 0 Å². The van der Waals surface area contributed by atoms with E-state index in [4.69, 9.17) is 9.84 Å². The number of carboxylic acid groups (broad SMARTS) is 1. The zero-order valence-electron chi connectivity index (χ0n) is 10.6. The predicted octanol–water partition coefficient (Wildman–Crippen LogP) is 4.13. The molecule has 0 atom stereocenters. The van der Waals surface area contributed by atoms with E-state index in [1.807, 2.05) is 42.5 Å². The molecule has 20 heavy (non-hydrogen) atoms. The summed E-state index contributed by atoms with van der Waals surface area (Å²) in [5.41, 5.74) is 1.85. The molecule has 0 aliphatic heterocycles. The molecule has 0 aromatic heterocycles. The molecule has 3 nitrogen and oxygen atoms in total. The maximum Gasteiger partial charge on any atom is 0.328 e. The Morgan fingerprint density at radius 3 is 2.75 bits per heavy atom. The Morgan fingerprint density at radius 1 is 1.20 bits per heavy atom. The number of halogens is 1. The van der Waals surface area contributed by atoms with Gasteiger partial charge < -0.3 is 9.84 Å². The van der Waals surface area contributed by atoms with Gasteiger partial charge in [0, 0.05) is 10.5 Å². The van der Waals surface area contributed by atoms with Crippen molar-refractivity contribution in [2.75, 3.05) is 0 Å². The zero-order chi connectivity index (χ0) is 14.4. The number of rotatable bonds is 5. The van der Waals surface area contributed by atoms with Gasteiger partial charge in [0.2, 0.25) is 0 Å². The highest BCUT2D eigenvalue weighted by molar-refractivity contribution is 9.10. The molecule has 0 spiro atoms. The molecule has 0 amide bonds. The van der Waals surface area contributed by atoms with Gasteiger partial charge in [-0.2, -0.15) is 0 Å². The minimum absolute atomic E-state index is 0.464. The van der Waals surface area contributed by atoms with E-state index in [1.165, 1.54) is 6.08 Å². The molecule has 0 aliphatic carbocycles. The first kappa shape index (κ1) is 14.3. The normalized spacial score (nSPS) is 10.7. The minimum Gasteiger partial charge on any atom is -0.489 e. The van der Waals surface area contributed by atoms with Crippen LogP contribution in [0.1, 0.15) is 11.1 Å². The lowest BCUT2D eigenvalue weighted by Gasteiger charge is -2.07. The van der Waals surface area contributed by atoms with Crippen LogP contribution in [0, 0.1) is 0 Å². The van der Waals surface area contributed by atoms with Crippen molar-refractivity contribution in [1.29, 1.82) is 0 Å². The van der Waals surface area contributed by atoms with Crippen LogP contribution in [0.3, 0.4) is 0 Å². The van der Waals surface area contributed by atoms with Crippen molar-refractivity contribution in [2.45, 2.75) is 6.61 Å². The molecule has 0 aliphatic rings. The molecule has 0 bridgehead atoms. The van der Waals surface area contributed by atoms with E-state index in [1.54, 1.807) is 6.07 Å². The molecule has 0 radical (unpaired) electrons. The number of ether oxygens (including phenoxy) is 1. The molecule has 4 heteroatoms. The van der Waals surface area contributed by atoms with E-state index < -0.39 is 5.97 Å². The van der Waals surface area contributed by atoms with Gasteiger partial charge in [-0.1, -0.05) is 40.2 Å². The van der Waals surface area contributed by atoms with Crippen LogP contribution in [0.5, 0.6) is 5.75 Å². The highest BCUT2D eigenvalue weighted by Crippen LogP contribution is 2.17. The second-order valence-corrected chi connectivity index (χ2v) is 5.08. The molecule has 2 aromatic rings. The lowest BCUT2D eigenvalue weighted by molar-refractivity contribution is -0.131. The lowest BCUT2D eigenvalue weighted by atomic mass is 10.2. The van der Waals surface area contributed by atoms with Crippen LogP contribution in [0.2, 0.25) is 0 Å². The van der Waals surface area contributed by atoms with E-state index >= 15 is 0 Å². The second kappa shape index (κ2) is 6.91. The lowest BCUT2D eigenvalue weighted by Crippen LogP contribution is -1.95. The molecule has 0 heterocycles.